The van der Waals surface area contributed by atoms with Crippen LogP contribution in [0, 0.1) is 6.92 Å². The number of benzene rings is 1. The first kappa shape index (κ1) is 13.7. The number of hydroxylamine groups is 1. The van der Waals surface area contributed by atoms with Crippen molar-refractivity contribution < 1.29 is 10.0 Å². The van der Waals surface area contributed by atoms with Crippen LogP contribution in [0.2, 0.25) is 0 Å². The smallest absolute Gasteiger partial charge is 0.274 e. The van der Waals surface area contributed by atoms with E-state index in [1.54, 1.807) is 11.5 Å². The Morgan fingerprint density at radius 3 is 2.47 bits per heavy atom. The molecule has 1 rings (SSSR count). The zero-order valence-electron chi connectivity index (χ0n) is 10.8. The van der Waals surface area contributed by atoms with Gasteiger partial charge in [-0.3, -0.25) is 10.0 Å². The van der Waals surface area contributed by atoms with Crippen molar-refractivity contribution in [2.75, 3.05) is 0 Å². The Kier molecular flexibility index (Phi) is 4.26. The average Bonchev–Trinajstić information content (AvgIpc) is 2.24. The molecule has 0 spiro atoms. The van der Waals surface area contributed by atoms with E-state index >= 15 is 0 Å². The molecule has 0 fully saturated rings. The molecule has 0 atom stereocenters. The van der Waals surface area contributed by atoms with Gasteiger partial charge in [0.15, 0.2) is 0 Å². The first-order chi connectivity index (χ1) is 7.83. The van der Waals surface area contributed by atoms with Crippen LogP contribution in [0.3, 0.4) is 0 Å². The topological polar surface area (TPSA) is 61.4 Å². The molecule has 0 aliphatic carbocycles. The lowest BCUT2D eigenvalue weighted by atomic mass is 10.0. The number of hydrogen-bond acceptors (Lipinski definition) is 3. The minimum Gasteiger partial charge on any atom is -0.308 e. The van der Waals surface area contributed by atoms with Crippen LogP contribution in [-0.4, -0.2) is 16.7 Å². The molecule has 0 heterocycles. The summed E-state index contributed by atoms with van der Waals surface area (Å²) in [6, 6.07) is 5.56. The number of carbonyl (C=O) groups is 1. The molecule has 4 nitrogen and oxygen atoms in total. The summed E-state index contributed by atoms with van der Waals surface area (Å²) in [6.45, 7) is 8.92. The van der Waals surface area contributed by atoms with Gasteiger partial charge in [0, 0.05) is 17.6 Å². The minimum atomic E-state index is -0.474. The lowest BCUT2D eigenvalue weighted by Gasteiger charge is -2.20. The van der Waals surface area contributed by atoms with Gasteiger partial charge in [-0.15, -0.1) is 0 Å². The van der Waals surface area contributed by atoms with Gasteiger partial charge in [0.1, 0.15) is 0 Å². The van der Waals surface area contributed by atoms with Crippen molar-refractivity contribution in [3.63, 3.8) is 0 Å². The number of carbonyl (C=O) groups excluding carboxylic acids is 1. The summed E-state index contributed by atoms with van der Waals surface area (Å²) in [5.74, 6) is -0.474. The van der Waals surface area contributed by atoms with Crippen molar-refractivity contribution in [1.82, 2.24) is 10.8 Å². The van der Waals surface area contributed by atoms with Gasteiger partial charge in [0.25, 0.3) is 5.91 Å². The Hall–Kier alpha value is -1.39. The molecule has 0 saturated carbocycles. The summed E-state index contributed by atoms with van der Waals surface area (Å²) >= 11 is 0. The van der Waals surface area contributed by atoms with Crippen molar-refractivity contribution in [2.45, 2.75) is 39.8 Å². The van der Waals surface area contributed by atoms with Crippen LogP contribution in [0.25, 0.3) is 0 Å². The van der Waals surface area contributed by atoms with Crippen LogP contribution >= 0.6 is 0 Å². The van der Waals surface area contributed by atoms with Gasteiger partial charge < -0.3 is 5.32 Å². The van der Waals surface area contributed by atoms with Crippen molar-refractivity contribution >= 4 is 5.91 Å². The van der Waals surface area contributed by atoms with E-state index in [2.05, 4.69) is 26.1 Å². The van der Waals surface area contributed by atoms with E-state index in [1.165, 1.54) is 0 Å². The minimum absolute atomic E-state index is 0.0645. The molecular formula is C13H20N2O2. The molecule has 94 valence electrons. The van der Waals surface area contributed by atoms with Crippen LogP contribution < -0.4 is 10.8 Å². The number of amides is 1. The third-order valence-electron chi connectivity index (χ3n) is 2.46. The normalized spacial score (nSPS) is 11.4. The van der Waals surface area contributed by atoms with Crippen LogP contribution in [0.4, 0.5) is 0 Å². The molecule has 17 heavy (non-hydrogen) atoms. The van der Waals surface area contributed by atoms with Gasteiger partial charge in [-0.1, -0.05) is 12.1 Å². The van der Waals surface area contributed by atoms with E-state index < -0.39 is 5.91 Å². The summed E-state index contributed by atoms with van der Waals surface area (Å²) in [5.41, 5.74) is 4.17. The molecule has 1 amide bonds. The third kappa shape index (κ3) is 4.17. The predicted molar refractivity (Wildman–Crippen MR) is 67.0 cm³/mol. The molecule has 0 saturated heterocycles. The molecule has 0 unspecified atom stereocenters. The number of hydrogen-bond donors (Lipinski definition) is 3. The maximum Gasteiger partial charge on any atom is 0.274 e. The highest BCUT2D eigenvalue weighted by atomic mass is 16.5. The lowest BCUT2D eigenvalue weighted by molar-refractivity contribution is 0.0705. The van der Waals surface area contributed by atoms with E-state index in [0.29, 0.717) is 5.56 Å². The molecule has 3 N–H and O–H groups in total. The summed E-state index contributed by atoms with van der Waals surface area (Å²) < 4.78 is 0. The summed E-state index contributed by atoms with van der Waals surface area (Å²) in [7, 11) is 0. The van der Waals surface area contributed by atoms with E-state index in [1.807, 2.05) is 19.1 Å². The van der Waals surface area contributed by atoms with Crippen LogP contribution in [-0.2, 0) is 6.54 Å². The lowest BCUT2D eigenvalue weighted by Crippen LogP contribution is -2.35. The molecular weight excluding hydrogens is 216 g/mol. The monoisotopic (exact) mass is 236 g/mol. The second-order valence-corrected chi connectivity index (χ2v) is 5.19. The fourth-order valence-electron chi connectivity index (χ4n) is 1.52. The highest BCUT2D eigenvalue weighted by Crippen LogP contribution is 2.12. The average molecular weight is 236 g/mol. The first-order valence-electron chi connectivity index (χ1n) is 5.62. The highest BCUT2D eigenvalue weighted by molar-refractivity contribution is 5.94. The van der Waals surface area contributed by atoms with Crippen molar-refractivity contribution in [3.05, 3.63) is 34.9 Å². The number of nitrogens with one attached hydrogen (secondary N) is 2. The summed E-state index contributed by atoms with van der Waals surface area (Å²) in [4.78, 5) is 11.3. The quantitative estimate of drug-likeness (QED) is 0.555. The van der Waals surface area contributed by atoms with Crippen molar-refractivity contribution in [2.24, 2.45) is 0 Å². The van der Waals surface area contributed by atoms with E-state index in [9.17, 15) is 4.79 Å². The molecule has 0 aliphatic rings. The van der Waals surface area contributed by atoms with Gasteiger partial charge >= 0.3 is 0 Å². The van der Waals surface area contributed by atoms with Crippen molar-refractivity contribution in [1.29, 1.82) is 0 Å². The molecule has 0 bridgehead atoms. The van der Waals surface area contributed by atoms with Crippen molar-refractivity contribution in [3.8, 4) is 0 Å². The Balaban J connectivity index is 2.79. The van der Waals surface area contributed by atoms with Crippen LogP contribution in [0.1, 0.15) is 42.3 Å². The van der Waals surface area contributed by atoms with Gasteiger partial charge in [-0.2, -0.15) is 0 Å². The van der Waals surface area contributed by atoms with Crippen LogP contribution in [0.15, 0.2) is 18.2 Å². The summed E-state index contributed by atoms with van der Waals surface area (Å²) in [6.07, 6.45) is 0. The van der Waals surface area contributed by atoms with E-state index in [4.69, 9.17) is 5.21 Å². The van der Waals surface area contributed by atoms with E-state index in [0.717, 1.165) is 17.7 Å². The van der Waals surface area contributed by atoms with Gasteiger partial charge in [-0.05, 0) is 44.9 Å². The number of aryl methyl sites for hydroxylation is 1. The van der Waals surface area contributed by atoms with Gasteiger partial charge in [0.2, 0.25) is 0 Å². The first-order valence-corrected chi connectivity index (χ1v) is 5.62. The highest BCUT2D eigenvalue weighted by Gasteiger charge is 2.11. The zero-order chi connectivity index (χ0) is 13.1. The molecule has 0 aliphatic heterocycles. The largest absolute Gasteiger partial charge is 0.308 e. The Labute approximate surface area is 102 Å². The van der Waals surface area contributed by atoms with Crippen LogP contribution in [0.5, 0.6) is 0 Å². The standard InChI is InChI=1S/C13H20N2O2/c1-9-7-10(8-14-13(2,3)4)5-6-11(9)12(16)15-17/h5-7,14,17H,8H2,1-4H3,(H,15,16). The fourth-order valence-corrected chi connectivity index (χ4v) is 1.52. The fraction of sp³-hybridized carbons (Fsp3) is 0.462. The van der Waals surface area contributed by atoms with E-state index in [-0.39, 0.29) is 5.54 Å². The second-order valence-electron chi connectivity index (χ2n) is 5.19. The zero-order valence-corrected chi connectivity index (χ0v) is 10.8. The summed E-state index contributed by atoms with van der Waals surface area (Å²) in [5, 5.41) is 12.0. The predicted octanol–water partition coefficient (Wildman–Crippen LogP) is 2.00. The third-order valence-corrected chi connectivity index (χ3v) is 2.46. The Morgan fingerprint density at radius 2 is 2.00 bits per heavy atom. The molecule has 0 radical (unpaired) electrons. The second kappa shape index (κ2) is 5.29. The number of rotatable bonds is 3. The maximum atomic E-state index is 11.3. The maximum absolute atomic E-state index is 11.3. The molecule has 1 aromatic carbocycles. The van der Waals surface area contributed by atoms with Gasteiger partial charge in [-0.25, -0.2) is 5.48 Å². The molecule has 0 aromatic heterocycles. The SMILES string of the molecule is Cc1cc(CNC(C)(C)C)ccc1C(=O)NO. The Bertz CT molecular complexity index is 408. The van der Waals surface area contributed by atoms with Gasteiger partial charge in [0.05, 0.1) is 0 Å². The Morgan fingerprint density at radius 1 is 1.35 bits per heavy atom. The molecule has 1 aromatic rings. The molecule has 4 heteroatoms.